The van der Waals surface area contributed by atoms with Gasteiger partial charge in [-0.3, -0.25) is 4.79 Å². The highest BCUT2D eigenvalue weighted by Crippen LogP contribution is 2.26. The highest BCUT2D eigenvalue weighted by atomic mass is 32.2. The fourth-order valence-corrected chi connectivity index (χ4v) is 2.97. The third-order valence-electron chi connectivity index (χ3n) is 3.23. The van der Waals surface area contributed by atoms with Crippen molar-refractivity contribution in [2.45, 2.75) is 50.5 Å². The molecule has 0 spiro atoms. The molecule has 0 radical (unpaired) electrons. The van der Waals surface area contributed by atoms with Crippen LogP contribution in [0.4, 0.5) is 0 Å². The first-order valence-corrected chi connectivity index (χ1v) is 7.79. The van der Waals surface area contributed by atoms with E-state index in [-0.39, 0.29) is 12.5 Å². The molecule has 1 amide bonds. The van der Waals surface area contributed by atoms with Crippen LogP contribution in [0.15, 0.2) is 0 Å². The predicted octanol–water partition coefficient (Wildman–Crippen LogP) is 1.83. The number of hydrogen-bond acceptors (Lipinski definition) is 4. The van der Waals surface area contributed by atoms with Crippen molar-refractivity contribution in [1.29, 1.82) is 5.26 Å². The van der Waals surface area contributed by atoms with Gasteiger partial charge in [0.15, 0.2) is 0 Å². The van der Waals surface area contributed by atoms with Crippen LogP contribution >= 0.6 is 11.8 Å². The molecule has 0 saturated heterocycles. The molecular weight excluding hydrogens is 248 g/mol. The second kappa shape index (κ2) is 8.39. The van der Waals surface area contributed by atoms with E-state index >= 15 is 0 Å². The molecule has 1 fully saturated rings. The standard InChI is InChI=1S/C13H22N2O2S/c14-11-13(6-3-1-2-4-7-13)15-12(17)10-18-9-5-8-16/h16H,1-10H2,(H,15,17). The molecule has 0 aliphatic heterocycles. The van der Waals surface area contributed by atoms with Crippen molar-refractivity contribution < 1.29 is 9.90 Å². The van der Waals surface area contributed by atoms with E-state index in [0.717, 1.165) is 44.3 Å². The maximum Gasteiger partial charge on any atom is 0.231 e. The lowest BCUT2D eigenvalue weighted by atomic mass is 9.92. The summed E-state index contributed by atoms with van der Waals surface area (Å²) in [5, 5.41) is 20.9. The molecule has 1 aliphatic rings. The van der Waals surface area contributed by atoms with E-state index in [1.54, 1.807) is 0 Å². The Morgan fingerprint density at radius 3 is 2.56 bits per heavy atom. The van der Waals surface area contributed by atoms with Gasteiger partial charge in [-0.05, 0) is 25.0 Å². The minimum atomic E-state index is -0.634. The van der Waals surface area contributed by atoms with Gasteiger partial charge in [0.2, 0.25) is 5.91 Å². The molecule has 2 N–H and O–H groups in total. The first-order valence-electron chi connectivity index (χ1n) is 6.63. The zero-order chi connectivity index (χ0) is 13.3. The molecule has 1 saturated carbocycles. The average Bonchev–Trinajstić information content (AvgIpc) is 2.61. The van der Waals surface area contributed by atoms with Crippen LogP contribution in [-0.2, 0) is 4.79 Å². The molecule has 0 unspecified atom stereocenters. The van der Waals surface area contributed by atoms with E-state index in [4.69, 9.17) is 5.11 Å². The zero-order valence-corrected chi connectivity index (χ0v) is 11.6. The normalized spacial score (nSPS) is 18.7. The van der Waals surface area contributed by atoms with Crippen LogP contribution in [-0.4, -0.2) is 34.7 Å². The molecule has 5 heteroatoms. The number of hydrogen-bond donors (Lipinski definition) is 2. The van der Waals surface area contributed by atoms with Crippen molar-refractivity contribution in [1.82, 2.24) is 5.32 Å². The molecule has 0 aromatic heterocycles. The maximum atomic E-state index is 11.8. The second-order valence-electron chi connectivity index (χ2n) is 4.79. The molecule has 1 aliphatic carbocycles. The molecule has 0 atom stereocenters. The van der Waals surface area contributed by atoms with Crippen LogP contribution in [0.25, 0.3) is 0 Å². The molecule has 0 aromatic rings. The minimum Gasteiger partial charge on any atom is -0.396 e. The van der Waals surface area contributed by atoms with Crippen LogP contribution in [0.3, 0.4) is 0 Å². The van der Waals surface area contributed by atoms with Gasteiger partial charge in [-0.15, -0.1) is 0 Å². The first-order chi connectivity index (χ1) is 8.72. The summed E-state index contributed by atoms with van der Waals surface area (Å²) in [6.45, 7) is 0.163. The molecular formula is C13H22N2O2S. The second-order valence-corrected chi connectivity index (χ2v) is 5.89. The Morgan fingerprint density at radius 2 is 2.00 bits per heavy atom. The summed E-state index contributed by atoms with van der Waals surface area (Å²) < 4.78 is 0. The SMILES string of the molecule is N#CC1(NC(=O)CSCCCO)CCCCCC1. The summed E-state index contributed by atoms with van der Waals surface area (Å²) in [5.74, 6) is 1.11. The van der Waals surface area contributed by atoms with Gasteiger partial charge in [-0.1, -0.05) is 25.7 Å². The van der Waals surface area contributed by atoms with Crippen LogP contribution in [0.5, 0.6) is 0 Å². The van der Waals surface area contributed by atoms with Gasteiger partial charge in [0, 0.05) is 6.61 Å². The summed E-state index contributed by atoms with van der Waals surface area (Å²) in [6, 6.07) is 2.31. The zero-order valence-electron chi connectivity index (χ0n) is 10.8. The summed E-state index contributed by atoms with van der Waals surface area (Å²) >= 11 is 1.51. The summed E-state index contributed by atoms with van der Waals surface area (Å²) in [5.41, 5.74) is -0.634. The Bertz CT molecular complexity index is 294. The van der Waals surface area contributed by atoms with Crippen molar-refractivity contribution in [3.05, 3.63) is 0 Å². The first kappa shape index (κ1) is 15.3. The number of carbonyl (C=O) groups is 1. The maximum absolute atomic E-state index is 11.8. The Hall–Kier alpha value is -0.730. The molecule has 0 aromatic carbocycles. The van der Waals surface area contributed by atoms with Crippen molar-refractivity contribution in [3.8, 4) is 6.07 Å². The van der Waals surface area contributed by atoms with Crippen LogP contribution in [0.1, 0.15) is 44.9 Å². The summed E-state index contributed by atoms with van der Waals surface area (Å²) in [7, 11) is 0. The number of carbonyl (C=O) groups excluding carboxylic acids is 1. The van der Waals surface area contributed by atoms with Crippen LogP contribution < -0.4 is 5.32 Å². The highest BCUT2D eigenvalue weighted by molar-refractivity contribution is 7.99. The monoisotopic (exact) mass is 270 g/mol. The predicted molar refractivity (Wildman–Crippen MR) is 73.2 cm³/mol. The van der Waals surface area contributed by atoms with Crippen molar-refractivity contribution >= 4 is 17.7 Å². The third-order valence-corrected chi connectivity index (χ3v) is 4.27. The van der Waals surface area contributed by atoms with E-state index in [0.29, 0.717) is 12.2 Å². The van der Waals surface area contributed by atoms with Crippen molar-refractivity contribution in [2.75, 3.05) is 18.1 Å². The average molecular weight is 270 g/mol. The molecule has 18 heavy (non-hydrogen) atoms. The topological polar surface area (TPSA) is 73.1 Å². The van der Waals surface area contributed by atoms with Gasteiger partial charge in [-0.25, -0.2) is 0 Å². The number of nitrogens with one attached hydrogen (secondary N) is 1. The van der Waals surface area contributed by atoms with Gasteiger partial charge >= 0.3 is 0 Å². The van der Waals surface area contributed by atoms with E-state index < -0.39 is 5.54 Å². The lowest BCUT2D eigenvalue weighted by Crippen LogP contribution is -2.47. The Morgan fingerprint density at radius 1 is 1.33 bits per heavy atom. The van der Waals surface area contributed by atoms with Crippen molar-refractivity contribution in [2.24, 2.45) is 0 Å². The number of rotatable bonds is 6. The fraction of sp³-hybridized carbons (Fsp3) is 0.846. The summed E-state index contributed by atoms with van der Waals surface area (Å²) in [6.07, 6.45) is 6.61. The lowest BCUT2D eigenvalue weighted by molar-refractivity contribution is -0.120. The lowest BCUT2D eigenvalue weighted by Gasteiger charge is -2.26. The number of amides is 1. The number of thioether (sulfide) groups is 1. The number of nitrogens with zero attached hydrogens (tertiary/aromatic N) is 1. The molecule has 0 bridgehead atoms. The van der Waals surface area contributed by atoms with Crippen LogP contribution in [0.2, 0.25) is 0 Å². The quantitative estimate of drug-likeness (QED) is 0.570. The van der Waals surface area contributed by atoms with Gasteiger partial charge in [0.25, 0.3) is 0 Å². The highest BCUT2D eigenvalue weighted by Gasteiger charge is 2.32. The number of aliphatic hydroxyl groups is 1. The minimum absolute atomic E-state index is 0.0543. The van der Waals surface area contributed by atoms with Gasteiger partial charge in [0.1, 0.15) is 5.54 Å². The Balaban J connectivity index is 2.37. The molecule has 102 valence electrons. The molecule has 1 rings (SSSR count). The van der Waals surface area contributed by atoms with Gasteiger partial charge in [-0.2, -0.15) is 17.0 Å². The summed E-state index contributed by atoms with van der Waals surface area (Å²) in [4.78, 5) is 11.8. The van der Waals surface area contributed by atoms with E-state index in [2.05, 4.69) is 11.4 Å². The number of nitriles is 1. The van der Waals surface area contributed by atoms with Gasteiger partial charge < -0.3 is 10.4 Å². The van der Waals surface area contributed by atoms with Crippen molar-refractivity contribution in [3.63, 3.8) is 0 Å². The fourth-order valence-electron chi connectivity index (χ4n) is 2.23. The van der Waals surface area contributed by atoms with Crippen LogP contribution in [0, 0.1) is 11.3 Å². The molecule has 0 heterocycles. The Labute approximate surface area is 113 Å². The van der Waals surface area contributed by atoms with E-state index in [1.165, 1.54) is 11.8 Å². The Kier molecular flexibility index (Phi) is 7.14. The smallest absolute Gasteiger partial charge is 0.231 e. The number of aliphatic hydroxyl groups excluding tert-OH is 1. The third kappa shape index (κ3) is 5.28. The van der Waals surface area contributed by atoms with E-state index in [9.17, 15) is 10.1 Å². The molecule has 4 nitrogen and oxygen atoms in total. The van der Waals surface area contributed by atoms with E-state index in [1.807, 2.05) is 0 Å². The van der Waals surface area contributed by atoms with Gasteiger partial charge in [0.05, 0.1) is 11.8 Å². The largest absolute Gasteiger partial charge is 0.396 e.